The summed E-state index contributed by atoms with van der Waals surface area (Å²) in [5, 5.41) is 1.97. The summed E-state index contributed by atoms with van der Waals surface area (Å²) in [4.78, 5) is 34.0. The van der Waals surface area contributed by atoms with Crippen LogP contribution in [0.4, 0.5) is 4.39 Å². The number of aromatic nitrogens is 2. The van der Waals surface area contributed by atoms with Crippen molar-refractivity contribution in [3.8, 4) is 17.0 Å². The van der Waals surface area contributed by atoms with Crippen LogP contribution in [0, 0.1) is 18.7 Å². The average Bonchev–Trinajstić information content (AvgIpc) is 3.33. The highest BCUT2D eigenvalue weighted by Crippen LogP contribution is 2.27. The summed E-state index contributed by atoms with van der Waals surface area (Å²) >= 11 is 1.46. The molecule has 5 rings (SSSR count). The first kappa shape index (κ1) is 24.3. The Labute approximate surface area is 213 Å². The summed E-state index contributed by atoms with van der Waals surface area (Å²) in [6.07, 6.45) is 2.13. The van der Waals surface area contributed by atoms with Gasteiger partial charge in [-0.25, -0.2) is 9.37 Å². The van der Waals surface area contributed by atoms with Gasteiger partial charge in [-0.1, -0.05) is 0 Å². The smallest absolute Gasteiger partial charge is 0.262 e. The van der Waals surface area contributed by atoms with Gasteiger partial charge in [0.1, 0.15) is 11.6 Å². The van der Waals surface area contributed by atoms with Crippen LogP contribution in [-0.2, 0) is 6.42 Å². The van der Waals surface area contributed by atoms with Crippen molar-refractivity contribution in [1.82, 2.24) is 14.3 Å². The van der Waals surface area contributed by atoms with E-state index in [9.17, 15) is 14.0 Å². The molecule has 0 radical (unpaired) electrons. The largest absolute Gasteiger partial charge is 0.497 e. The highest BCUT2D eigenvalue weighted by molar-refractivity contribution is 7.15. The second kappa shape index (κ2) is 10.3. The van der Waals surface area contributed by atoms with E-state index in [0.717, 1.165) is 60.7 Å². The molecule has 0 spiro atoms. The van der Waals surface area contributed by atoms with Crippen LogP contribution in [0.1, 0.15) is 34.5 Å². The number of carbonyl (C=O) groups excluding carboxylic acids is 1. The molecule has 0 amide bonds. The van der Waals surface area contributed by atoms with Gasteiger partial charge in [0.25, 0.3) is 5.56 Å². The third-order valence-electron chi connectivity index (χ3n) is 7.02. The van der Waals surface area contributed by atoms with Crippen molar-refractivity contribution in [3.63, 3.8) is 0 Å². The lowest BCUT2D eigenvalue weighted by Gasteiger charge is -2.31. The van der Waals surface area contributed by atoms with Gasteiger partial charge < -0.3 is 9.64 Å². The number of hydrogen-bond donors (Lipinski definition) is 0. The number of likely N-dealkylation sites (tertiary alicyclic amines) is 1. The first-order chi connectivity index (χ1) is 17.4. The Morgan fingerprint density at radius 3 is 2.47 bits per heavy atom. The topological polar surface area (TPSA) is 63.9 Å². The summed E-state index contributed by atoms with van der Waals surface area (Å²) < 4.78 is 20.1. The third-order valence-corrected chi connectivity index (χ3v) is 7.85. The van der Waals surface area contributed by atoms with E-state index >= 15 is 0 Å². The number of rotatable bonds is 7. The second-order valence-corrected chi connectivity index (χ2v) is 10.0. The molecule has 3 heterocycles. The van der Waals surface area contributed by atoms with Crippen LogP contribution in [0.2, 0.25) is 0 Å². The summed E-state index contributed by atoms with van der Waals surface area (Å²) in [5.41, 5.74) is 3.81. The van der Waals surface area contributed by atoms with Crippen molar-refractivity contribution in [2.24, 2.45) is 5.92 Å². The Kier molecular flexibility index (Phi) is 6.98. The monoisotopic (exact) mass is 505 g/mol. The van der Waals surface area contributed by atoms with Crippen LogP contribution >= 0.6 is 11.3 Å². The van der Waals surface area contributed by atoms with Gasteiger partial charge in [0.2, 0.25) is 0 Å². The number of hydrogen-bond acceptors (Lipinski definition) is 6. The van der Waals surface area contributed by atoms with Crippen LogP contribution in [0.5, 0.6) is 5.75 Å². The fraction of sp³-hybridized carbons (Fsp3) is 0.321. The number of nitrogens with zero attached hydrogens (tertiary/aromatic N) is 3. The van der Waals surface area contributed by atoms with Crippen molar-refractivity contribution in [3.05, 3.63) is 86.9 Å². The van der Waals surface area contributed by atoms with Crippen molar-refractivity contribution in [2.45, 2.75) is 26.2 Å². The highest BCUT2D eigenvalue weighted by atomic mass is 32.1. The van der Waals surface area contributed by atoms with E-state index in [4.69, 9.17) is 9.72 Å². The van der Waals surface area contributed by atoms with Crippen LogP contribution in [0.15, 0.2) is 58.7 Å². The molecule has 1 saturated heterocycles. The van der Waals surface area contributed by atoms with Gasteiger partial charge in [0, 0.05) is 34.7 Å². The summed E-state index contributed by atoms with van der Waals surface area (Å²) in [5.74, 6) is 0.471. The second-order valence-electron chi connectivity index (χ2n) is 9.19. The number of methoxy groups -OCH3 is 1. The molecule has 0 saturated carbocycles. The van der Waals surface area contributed by atoms with E-state index in [-0.39, 0.29) is 23.1 Å². The highest BCUT2D eigenvalue weighted by Gasteiger charge is 2.26. The Balaban J connectivity index is 1.28. The van der Waals surface area contributed by atoms with Gasteiger partial charge in [0.05, 0.1) is 12.8 Å². The van der Waals surface area contributed by atoms with E-state index in [0.29, 0.717) is 16.9 Å². The fourth-order valence-electron chi connectivity index (χ4n) is 4.88. The zero-order valence-electron chi connectivity index (χ0n) is 20.4. The molecule has 1 fully saturated rings. The number of halogens is 1. The number of carbonyl (C=O) groups is 1. The lowest BCUT2D eigenvalue weighted by Crippen LogP contribution is -2.38. The molecule has 1 aliphatic rings. The Morgan fingerprint density at radius 2 is 1.81 bits per heavy atom. The fourth-order valence-corrected chi connectivity index (χ4v) is 5.81. The maximum Gasteiger partial charge on any atom is 0.262 e. The molecular formula is C28H28FN3O3S. The van der Waals surface area contributed by atoms with E-state index < -0.39 is 0 Å². The molecule has 1 aliphatic heterocycles. The maximum absolute atomic E-state index is 13.5. The molecule has 186 valence electrons. The van der Waals surface area contributed by atoms with Crippen LogP contribution < -0.4 is 10.3 Å². The minimum absolute atomic E-state index is 0.0223. The van der Waals surface area contributed by atoms with Crippen molar-refractivity contribution >= 4 is 22.1 Å². The van der Waals surface area contributed by atoms with Crippen molar-refractivity contribution in [2.75, 3.05) is 26.7 Å². The molecule has 36 heavy (non-hydrogen) atoms. The summed E-state index contributed by atoms with van der Waals surface area (Å²) in [6.45, 7) is 4.23. The Morgan fingerprint density at radius 1 is 1.11 bits per heavy atom. The molecule has 2 aromatic heterocycles. The number of fused-ring (bicyclic) bond motifs is 1. The minimum atomic E-state index is -0.334. The molecule has 0 N–H and O–H groups in total. The molecule has 0 aliphatic carbocycles. The van der Waals surface area contributed by atoms with Crippen LogP contribution in [0.3, 0.4) is 0 Å². The number of piperidine rings is 1. The standard InChI is InChI=1S/C28H28FN3O3S/c1-18-24(13-16-31-14-11-21(12-15-31)26(33)20-3-7-22(29)8-4-20)27(34)32-25(17-36-28(32)30-18)19-5-9-23(35-2)10-6-19/h3-10,17,21H,11-16H2,1-2H3. The van der Waals surface area contributed by atoms with Crippen LogP contribution in [-0.4, -0.2) is 46.8 Å². The molecule has 8 heteroatoms. The Bertz CT molecular complexity index is 1440. The molecule has 0 atom stereocenters. The SMILES string of the molecule is COc1ccc(-c2csc3nc(C)c(CCN4CCC(C(=O)c5ccc(F)cc5)CC4)c(=O)n23)cc1. The lowest BCUT2D eigenvalue weighted by atomic mass is 9.89. The van der Waals surface area contributed by atoms with E-state index in [1.165, 1.54) is 23.5 Å². The molecule has 2 aromatic carbocycles. The number of aryl methyl sites for hydroxylation is 1. The van der Waals surface area contributed by atoms with Gasteiger partial charge in [-0.15, -0.1) is 11.3 Å². The molecule has 0 bridgehead atoms. The minimum Gasteiger partial charge on any atom is -0.497 e. The van der Waals surface area contributed by atoms with Gasteiger partial charge in [-0.2, -0.15) is 0 Å². The van der Waals surface area contributed by atoms with Gasteiger partial charge in [-0.3, -0.25) is 14.0 Å². The number of ether oxygens (including phenoxy) is 1. The number of thiazole rings is 1. The molecule has 0 unspecified atom stereocenters. The first-order valence-electron chi connectivity index (χ1n) is 12.1. The van der Waals surface area contributed by atoms with Gasteiger partial charge in [0.15, 0.2) is 10.7 Å². The molecular weight excluding hydrogens is 477 g/mol. The lowest BCUT2D eigenvalue weighted by molar-refractivity contribution is 0.0841. The zero-order chi connectivity index (χ0) is 25.2. The van der Waals surface area contributed by atoms with E-state index in [1.807, 2.05) is 36.6 Å². The number of ketones is 1. The van der Waals surface area contributed by atoms with Gasteiger partial charge in [-0.05, 0) is 93.4 Å². The van der Waals surface area contributed by atoms with E-state index in [2.05, 4.69) is 4.90 Å². The number of benzene rings is 2. The van der Waals surface area contributed by atoms with Crippen molar-refractivity contribution in [1.29, 1.82) is 0 Å². The van der Waals surface area contributed by atoms with E-state index in [1.54, 1.807) is 23.6 Å². The van der Waals surface area contributed by atoms with Crippen molar-refractivity contribution < 1.29 is 13.9 Å². The molecule has 6 nitrogen and oxygen atoms in total. The third kappa shape index (κ3) is 4.83. The predicted molar refractivity (Wildman–Crippen MR) is 140 cm³/mol. The average molecular weight is 506 g/mol. The first-order valence-corrected chi connectivity index (χ1v) is 13.0. The number of Topliss-reactive ketones (excluding diaryl/α,β-unsaturated/α-hetero) is 1. The normalized spacial score (nSPS) is 14.9. The maximum atomic E-state index is 13.5. The zero-order valence-corrected chi connectivity index (χ0v) is 21.2. The predicted octanol–water partition coefficient (Wildman–Crippen LogP) is 5.02. The summed E-state index contributed by atoms with van der Waals surface area (Å²) in [6, 6.07) is 13.5. The Hall–Kier alpha value is -3.36. The molecule has 4 aromatic rings. The summed E-state index contributed by atoms with van der Waals surface area (Å²) in [7, 11) is 1.63. The van der Waals surface area contributed by atoms with Gasteiger partial charge >= 0.3 is 0 Å². The quantitative estimate of drug-likeness (QED) is 0.330. The van der Waals surface area contributed by atoms with Crippen LogP contribution in [0.25, 0.3) is 16.2 Å².